The maximum absolute atomic E-state index is 5.76. The number of hydrogen-bond donors (Lipinski definition) is 0. The molecule has 106 valence electrons. The molecule has 0 radical (unpaired) electrons. The summed E-state index contributed by atoms with van der Waals surface area (Å²) in [6.45, 7) is 8.75. The third-order valence-electron chi connectivity index (χ3n) is 3.93. The van der Waals surface area contributed by atoms with Crippen molar-refractivity contribution in [3.63, 3.8) is 0 Å². The summed E-state index contributed by atoms with van der Waals surface area (Å²) in [4.78, 5) is 5.75. The third-order valence-corrected chi connectivity index (χ3v) is 3.93. The van der Waals surface area contributed by atoms with Gasteiger partial charge in [0.05, 0.1) is 19.8 Å². The normalized spacial score (nSPS) is 24.0. The van der Waals surface area contributed by atoms with E-state index in [-0.39, 0.29) is 0 Å². The van der Waals surface area contributed by atoms with Crippen molar-refractivity contribution in [2.45, 2.75) is 19.8 Å². The Hall–Kier alpha value is -0.200. The lowest BCUT2D eigenvalue weighted by atomic mass is 9.84. The average Bonchev–Trinajstić information content (AvgIpc) is 2.99. The van der Waals surface area contributed by atoms with Gasteiger partial charge in [0.25, 0.3) is 0 Å². The number of hydrogen-bond acceptors (Lipinski definition) is 4. The first-order chi connectivity index (χ1) is 8.58. The number of quaternary nitrogens is 1. The minimum atomic E-state index is 0.306. The average molecular weight is 259 g/mol. The highest BCUT2D eigenvalue weighted by molar-refractivity contribution is 4.83. The maximum Gasteiger partial charge on any atom is 0.163 e. The molecular weight excluding hydrogens is 232 g/mol. The number of rotatable bonds is 9. The summed E-state index contributed by atoms with van der Waals surface area (Å²) in [5, 5.41) is 1.93. The predicted molar refractivity (Wildman–Crippen MR) is 68.6 cm³/mol. The molecule has 5 heteroatoms. The lowest BCUT2D eigenvalue weighted by Crippen LogP contribution is -2.45. The molecule has 0 atom stereocenters. The van der Waals surface area contributed by atoms with Crippen molar-refractivity contribution in [2.75, 3.05) is 60.2 Å². The molecule has 2 rings (SSSR count). The van der Waals surface area contributed by atoms with Crippen LogP contribution in [0.4, 0.5) is 0 Å². The van der Waals surface area contributed by atoms with E-state index in [0.717, 1.165) is 63.5 Å². The van der Waals surface area contributed by atoms with Crippen LogP contribution in [0.1, 0.15) is 19.8 Å². The molecule has 2 heterocycles. The van der Waals surface area contributed by atoms with Crippen LogP contribution < -0.4 is 0 Å². The van der Waals surface area contributed by atoms with E-state index in [1.54, 1.807) is 0 Å². The Morgan fingerprint density at radius 2 is 2.06 bits per heavy atom. The number of ether oxygens (including phenoxy) is 2. The van der Waals surface area contributed by atoms with Gasteiger partial charge in [0, 0.05) is 25.6 Å². The first-order valence-electron chi connectivity index (χ1n) is 6.98. The van der Waals surface area contributed by atoms with Crippen molar-refractivity contribution in [2.24, 2.45) is 5.41 Å². The zero-order valence-electron chi connectivity index (χ0n) is 12.0. The van der Waals surface area contributed by atoms with Crippen LogP contribution in [0.15, 0.2) is 0 Å². The number of nitrogens with zero attached hydrogens (tertiary/aromatic N) is 2. The van der Waals surface area contributed by atoms with Gasteiger partial charge in [-0.2, -0.15) is 4.65 Å². The van der Waals surface area contributed by atoms with Gasteiger partial charge in [-0.1, -0.05) is 6.92 Å². The highest BCUT2D eigenvalue weighted by Gasteiger charge is 2.42. The van der Waals surface area contributed by atoms with Gasteiger partial charge in [-0.05, 0) is 12.8 Å². The first-order valence-corrected chi connectivity index (χ1v) is 6.98. The van der Waals surface area contributed by atoms with Gasteiger partial charge < -0.3 is 9.47 Å². The Bertz CT molecular complexity index is 259. The molecular formula is C13H27N2O3+. The summed E-state index contributed by atoms with van der Waals surface area (Å²) >= 11 is 0. The fraction of sp³-hybridized carbons (Fsp3) is 1.00. The van der Waals surface area contributed by atoms with Crippen LogP contribution in [-0.4, -0.2) is 69.9 Å². The smallest absolute Gasteiger partial charge is 0.163 e. The number of hydroxylamine groups is 5. The highest BCUT2D eigenvalue weighted by Crippen LogP contribution is 2.31. The summed E-state index contributed by atoms with van der Waals surface area (Å²) in [5.74, 6) is 0. The van der Waals surface area contributed by atoms with Gasteiger partial charge in [-0.15, -0.1) is 10.0 Å². The zero-order chi connectivity index (χ0) is 13.1. The van der Waals surface area contributed by atoms with Crippen LogP contribution in [0.3, 0.4) is 0 Å². The molecule has 2 saturated heterocycles. The Morgan fingerprint density at radius 3 is 2.56 bits per heavy atom. The molecule has 2 aliphatic rings. The van der Waals surface area contributed by atoms with Crippen LogP contribution in [0.5, 0.6) is 0 Å². The molecule has 0 bridgehead atoms. The van der Waals surface area contributed by atoms with Crippen LogP contribution in [0.25, 0.3) is 0 Å². The molecule has 2 fully saturated rings. The van der Waals surface area contributed by atoms with E-state index in [0.29, 0.717) is 5.41 Å². The molecule has 0 aromatic heterocycles. The van der Waals surface area contributed by atoms with Crippen molar-refractivity contribution >= 4 is 0 Å². The lowest BCUT2D eigenvalue weighted by molar-refractivity contribution is -1.02. The van der Waals surface area contributed by atoms with Gasteiger partial charge in [-0.3, -0.25) is 0 Å². The second-order valence-electron chi connectivity index (χ2n) is 5.93. The summed E-state index contributed by atoms with van der Waals surface area (Å²) in [6.07, 6.45) is 2.16. The van der Waals surface area contributed by atoms with E-state index < -0.39 is 0 Å². The van der Waals surface area contributed by atoms with Crippen molar-refractivity contribution in [3.8, 4) is 0 Å². The van der Waals surface area contributed by atoms with Gasteiger partial charge in [-0.25, -0.2) is 0 Å². The van der Waals surface area contributed by atoms with Crippen molar-refractivity contribution < 1.29 is 19.1 Å². The topological polar surface area (TPSA) is 30.9 Å². The van der Waals surface area contributed by atoms with Gasteiger partial charge >= 0.3 is 0 Å². The monoisotopic (exact) mass is 259 g/mol. The molecule has 0 aliphatic carbocycles. The number of likely N-dealkylation sites (N-methyl/N-ethyl adjacent to an activating group) is 1. The van der Waals surface area contributed by atoms with Crippen molar-refractivity contribution in [1.29, 1.82) is 0 Å². The molecule has 0 aromatic rings. The van der Waals surface area contributed by atoms with Crippen LogP contribution in [0, 0.1) is 5.41 Å². The summed E-state index contributed by atoms with van der Waals surface area (Å²) in [7, 11) is 4.10. The molecule has 2 aliphatic heterocycles. The minimum Gasteiger partial charge on any atom is -0.381 e. The van der Waals surface area contributed by atoms with Gasteiger partial charge in [0.1, 0.15) is 7.05 Å². The molecule has 0 aromatic carbocycles. The largest absolute Gasteiger partial charge is 0.381 e. The highest BCUT2D eigenvalue weighted by atomic mass is 16.9. The standard InChI is InChI=1S/C13H27N2O3/c1-4-13(11-17-12-13)10-16-9-5-6-14(2)18-15(3)7-8-15/h4-12H2,1-3H3/q+1. The molecule has 5 nitrogen and oxygen atoms in total. The summed E-state index contributed by atoms with van der Waals surface area (Å²) in [6, 6.07) is 0. The first kappa shape index (κ1) is 14.2. The van der Waals surface area contributed by atoms with E-state index in [9.17, 15) is 0 Å². The van der Waals surface area contributed by atoms with Gasteiger partial charge in [0.15, 0.2) is 13.1 Å². The van der Waals surface area contributed by atoms with Crippen molar-refractivity contribution in [3.05, 3.63) is 0 Å². The van der Waals surface area contributed by atoms with Crippen LogP contribution in [-0.2, 0) is 14.4 Å². The molecule has 0 spiro atoms. The minimum absolute atomic E-state index is 0.306. The second-order valence-corrected chi connectivity index (χ2v) is 5.93. The molecule has 0 N–H and O–H groups in total. The van der Waals surface area contributed by atoms with E-state index in [4.69, 9.17) is 14.4 Å². The summed E-state index contributed by atoms with van der Waals surface area (Å²) < 4.78 is 11.8. The van der Waals surface area contributed by atoms with E-state index in [1.165, 1.54) is 0 Å². The molecule has 0 amide bonds. The molecule has 18 heavy (non-hydrogen) atoms. The third kappa shape index (κ3) is 3.90. The Morgan fingerprint density at radius 1 is 1.33 bits per heavy atom. The fourth-order valence-corrected chi connectivity index (χ4v) is 2.06. The molecule has 0 unspecified atom stereocenters. The fourth-order valence-electron chi connectivity index (χ4n) is 2.06. The molecule has 0 saturated carbocycles. The zero-order valence-corrected chi connectivity index (χ0v) is 12.0. The Labute approximate surface area is 110 Å². The lowest BCUT2D eigenvalue weighted by Gasteiger charge is -2.40. The Kier molecular flexibility index (Phi) is 4.61. The van der Waals surface area contributed by atoms with Crippen LogP contribution in [0.2, 0.25) is 0 Å². The van der Waals surface area contributed by atoms with Gasteiger partial charge in [0.2, 0.25) is 0 Å². The maximum atomic E-state index is 5.76. The predicted octanol–water partition coefficient (Wildman–Crippen LogP) is 1.06. The second kappa shape index (κ2) is 5.84. The van der Waals surface area contributed by atoms with E-state index in [1.807, 2.05) is 12.1 Å². The Balaban J connectivity index is 1.48. The summed E-state index contributed by atoms with van der Waals surface area (Å²) in [5.41, 5.74) is 0.306. The quantitative estimate of drug-likeness (QED) is 0.268. The van der Waals surface area contributed by atoms with Crippen molar-refractivity contribution in [1.82, 2.24) is 5.06 Å². The SMILES string of the molecule is CCC1(COCCCN(C)O[N+]2(C)CC2)COC1. The van der Waals surface area contributed by atoms with E-state index in [2.05, 4.69) is 14.0 Å². The van der Waals surface area contributed by atoms with Crippen LogP contribution >= 0.6 is 0 Å². The van der Waals surface area contributed by atoms with E-state index >= 15 is 0 Å².